The third-order valence-corrected chi connectivity index (χ3v) is 6.04. The largest absolute Gasteiger partial charge is 0.479 e. The molecule has 1 aliphatic rings. The van der Waals surface area contributed by atoms with E-state index in [4.69, 9.17) is 51.8 Å². The van der Waals surface area contributed by atoms with Crippen LogP contribution in [-0.4, -0.2) is 53.1 Å². The second kappa shape index (κ2) is 10.5. The van der Waals surface area contributed by atoms with Gasteiger partial charge < -0.3 is 14.5 Å². The van der Waals surface area contributed by atoms with Crippen molar-refractivity contribution in [1.29, 1.82) is 0 Å². The number of nitro groups is 1. The van der Waals surface area contributed by atoms with Crippen molar-refractivity contribution in [1.82, 2.24) is 10.2 Å². The number of hydrogen-bond acceptors (Lipinski definition) is 6. The highest BCUT2D eigenvalue weighted by Gasteiger charge is 2.24. The maximum atomic E-state index is 12.5. The predicted molar refractivity (Wildman–Crippen MR) is 129 cm³/mol. The molecule has 2 aromatic carbocycles. The monoisotopic (exact) mass is 516 g/mol. The number of nitrogens with zero attached hydrogens (tertiary/aromatic N) is 3. The van der Waals surface area contributed by atoms with Gasteiger partial charge in [-0.1, -0.05) is 34.8 Å². The van der Waals surface area contributed by atoms with E-state index in [0.717, 1.165) is 0 Å². The molecule has 0 aliphatic carbocycles. The average molecular weight is 518 g/mol. The van der Waals surface area contributed by atoms with Crippen LogP contribution in [0.5, 0.6) is 5.75 Å². The Kier molecular flexibility index (Phi) is 8.00. The second-order valence-corrected chi connectivity index (χ2v) is 8.63. The maximum Gasteiger partial charge on any atom is 0.271 e. The summed E-state index contributed by atoms with van der Waals surface area (Å²) >= 11 is 23.6. The number of rotatable bonds is 5. The highest BCUT2D eigenvalue weighted by molar-refractivity contribution is 7.80. The molecule has 2 aromatic rings. The van der Waals surface area contributed by atoms with Crippen LogP contribution in [0.4, 0.5) is 11.4 Å². The van der Waals surface area contributed by atoms with Crippen molar-refractivity contribution < 1.29 is 14.5 Å². The first-order valence-corrected chi connectivity index (χ1v) is 11.1. The van der Waals surface area contributed by atoms with Gasteiger partial charge in [-0.25, -0.2) is 0 Å². The molecule has 8 nitrogen and oxygen atoms in total. The summed E-state index contributed by atoms with van der Waals surface area (Å²) in [6, 6.07) is 9.14. The Bertz CT molecular complexity index is 1050. The fourth-order valence-electron chi connectivity index (χ4n) is 3.12. The summed E-state index contributed by atoms with van der Waals surface area (Å²) in [4.78, 5) is 26.8. The van der Waals surface area contributed by atoms with Crippen molar-refractivity contribution in [2.45, 2.75) is 13.0 Å². The Labute approximate surface area is 205 Å². The normalized spacial score (nSPS) is 14.6. The van der Waals surface area contributed by atoms with Crippen molar-refractivity contribution in [3.63, 3.8) is 0 Å². The Balaban J connectivity index is 1.52. The van der Waals surface area contributed by atoms with Gasteiger partial charge >= 0.3 is 0 Å². The Hall–Kier alpha value is -2.33. The summed E-state index contributed by atoms with van der Waals surface area (Å²) in [5.74, 6) is -0.0555. The highest BCUT2D eigenvalue weighted by Crippen LogP contribution is 2.31. The Morgan fingerprint density at radius 1 is 1.12 bits per heavy atom. The molecule has 170 valence electrons. The van der Waals surface area contributed by atoms with Gasteiger partial charge in [0, 0.05) is 43.3 Å². The van der Waals surface area contributed by atoms with E-state index in [1.165, 1.54) is 18.2 Å². The molecular weight excluding hydrogens is 499 g/mol. The van der Waals surface area contributed by atoms with Gasteiger partial charge in [-0.05, 0) is 43.4 Å². The molecule has 3 rings (SSSR count). The minimum absolute atomic E-state index is 0.0579. The third-order valence-electron chi connectivity index (χ3n) is 4.85. The molecule has 0 radical (unpaired) electrons. The number of ether oxygens (including phenoxy) is 1. The summed E-state index contributed by atoms with van der Waals surface area (Å²) in [6.07, 6.45) is -0.827. The zero-order valence-corrected chi connectivity index (χ0v) is 20.0. The van der Waals surface area contributed by atoms with Crippen molar-refractivity contribution in [2.24, 2.45) is 0 Å². The fraction of sp³-hybridized carbons (Fsp3) is 0.300. The molecule has 1 aliphatic heterocycles. The van der Waals surface area contributed by atoms with E-state index >= 15 is 0 Å². The molecule has 1 fully saturated rings. The quantitative estimate of drug-likeness (QED) is 0.354. The van der Waals surface area contributed by atoms with Crippen molar-refractivity contribution >= 4 is 69.4 Å². The zero-order chi connectivity index (χ0) is 23.4. The Morgan fingerprint density at radius 3 is 2.41 bits per heavy atom. The predicted octanol–water partition coefficient (Wildman–Crippen LogP) is 4.55. The van der Waals surface area contributed by atoms with Crippen LogP contribution in [0.1, 0.15) is 6.92 Å². The minimum atomic E-state index is -0.827. The van der Waals surface area contributed by atoms with E-state index in [9.17, 15) is 14.9 Å². The second-order valence-electron chi connectivity index (χ2n) is 7.00. The van der Waals surface area contributed by atoms with E-state index in [2.05, 4.69) is 5.32 Å². The number of thiocarbonyl (C=S) groups is 1. The lowest BCUT2D eigenvalue weighted by molar-refractivity contribution is -0.384. The molecule has 1 unspecified atom stereocenters. The molecule has 1 atom stereocenters. The van der Waals surface area contributed by atoms with Gasteiger partial charge in [0.05, 0.1) is 20.7 Å². The molecule has 12 heteroatoms. The van der Waals surface area contributed by atoms with Gasteiger partial charge in [-0.15, -0.1) is 0 Å². The molecule has 1 heterocycles. The fourth-order valence-corrected chi connectivity index (χ4v) is 4.15. The van der Waals surface area contributed by atoms with E-state index in [0.29, 0.717) is 57.8 Å². The minimum Gasteiger partial charge on any atom is -0.479 e. The number of halogens is 3. The molecular formula is C20H19Cl3N4O4S. The Morgan fingerprint density at radius 2 is 1.81 bits per heavy atom. The van der Waals surface area contributed by atoms with E-state index < -0.39 is 16.9 Å². The van der Waals surface area contributed by atoms with Crippen LogP contribution < -0.4 is 15.0 Å². The summed E-state index contributed by atoms with van der Waals surface area (Å²) in [6.45, 7) is 3.85. The van der Waals surface area contributed by atoms with Gasteiger partial charge in [0.25, 0.3) is 11.6 Å². The van der Waals surface area contributed by atoms with Gasteiger partial charge in [-0.3, -0.25) is 20.2 Å². The summed E-state index contributed by atoms with van der Waals surface area (Å²) in [7, 11) is 0. The molecule has 0 aromatic heterocycles. The lowest BCUT2D eigenvalue weighted by Gasteiger charge is -2.37. The van der Waals surface area contributed by atoms with Gasteiger partial charge in [0.1, 0.15) is 5.75 Å². The van der Waals surface area contributed by atoms with Crippen molar-refractivity contribution in [2.75, 3.05) is 31.1 Å². The lowest BCUT2D eigenvalue weighted by atomic mass is 10.2. The number of nitro benzene ring substituents is 1. The highest BCUT2D eigenvalue weighted by atomic mass is 35.5. The van der Waals surface area contributed by atoms with Crippen LogP contribution >= 0.6 is 47.0 Å². The first-order chi connectivity index (χ1) is 15.2. The molecule has 0 bridgehead atoms. The van der Waals surface area contributed by atoms with Gasteiger partial charge in [0.2, 0.25) is 0 Å². The van der Waals surface area contributed by atoms with Crippen LogP contribution in [0.15, 0.2) is 36.4 Å². The number of anilines is 1. The molecule has 0 saturated carbocycles. The molecule has 1 saturated heterocycles. The standard InChI is InChI=1S/C20H19Cl3N4O4S/c1-12(31-18-5-2-13(21)10-16(18)23)19(28)24-20(32)26-8-6-25(7-9-26)17-4-3-14(27(29)30)11-15(17)22/h2-5,10-12H,6-9H2,1H3,(H,24,28,32). The number of hydrogen-bond donors (Lipinski definition) is 1. The van der Waals surface area contributed by atoms with E-state index in [1.807, 2.05) is 9.80 Å². The SMILES string of the molecule is CC(Oc1ccc(Cl)cc1Cl)C(=O)NC(=S)N1CCN(c2ccc([N+](=O)[O-])cc2Cl)CC1. The summed E-state index contributed by atoms with van der Waals surface area (Å²) in [5, 5.41) is 15.0. The van der Waals surface area contributed by atoms with Crippen LogP contribution in [-0.2, 0) is 4.79 Å². The number of carbonyl (C=O) groups is 1. The molecule has 1 amide bonds. The molecule has 32 heavy (non-hydrogen) atoms. The number of non-ortho nitro benzene ring substituents is 1. The summed E-state index contributed by atoms with van der Waals surface area (Å²) < 4.78 is 5.61. The average Bonchev–Trinajstić information content (AvgIpc) is 2.75. The number of carbonyl (C=O) groups excluding carboxylic acids is 1. The van der Waals surface area contributed by atoms with Crippen LogP contribution in [0.3, 0.4) is 0 Å². The van der Waals surface area contributed by atoms with Crippen molar-refractivity contribution in [3.05, 3.63) is 61.6 Å². The van der Waals surface area contributed by atoms with Crippen LogP contribution in [0.2, 0.25) is 15.1 Å². The number of benzene rings is 2. The van der Waals surface area contributed by atoms with E-state index in [1.54, 1.807) is 25.1 Å². The summed E-state index contributed by atoms with van der Waals surface area (Å²) in [5.41, 5.74) is 0.659. The van der Waals surface area contributed by atoms with Gasteiger partial charge in [0.15, 0.2) is 11.2 Å². The lowest BCUT2D eigenvalue weighted by Crippen LogP contribution is -2.54. The topological polar surface area (TPSA) is 88.0 Å². The zero-order valence-electron chi connectivity index (χ0n) is 16.9. The number of amides is 1. The molecule has 1 N–H and O–H groups in total. The first-order valence-electron chi connectivity index (χ1n) is 9.56. The first kappa shape index (κ1) is 24.3. The van der Waals surface area contributed by atoms with E-state index in [-0.39, 0.29) is 5.69 Å². The van der Waals surface area contributed by atoms with Gasteiger partial charge in [-0.2, -0.15) is 0 Å². The third kappa shape index (κ3) is 5.92. The number of piperazine rings is 1. The van der Waals surface area contributed by atoms with Crippen LogP contribution in [0, 0.1) is 10.1 Å². The molecule has 0 spiro atoms. The number of nitrogens with one attached hydrogen (secondary N) is 1. The maximum absolute atomic E-state index is 12.5. The smallest absolute Gasteiger partial charge is 0.271 e. The van der Waals surface area contributed by atoms with Crippen LogP contribution in [0.25, 0.3) is 0 Å². The van der Waals surface area contributed by atoms with Crippen molar-refractivity contribution in [3.8, 4) is 5.75 Å².